The van der Waals surface area contributed by atoms with Gasteiger partial charge in [0.25, 0.3) is 0 Å². The number of carbonyl (C=O) groups is 2. The van der Waals surface area contributed by atoms with Gasteiger partial charge in [0.2, 0.25) is 11.0 Å². The minimum absolute atomic E-state index is 0.00333. The Kier molecular flexibility index (Phi) is 4.59. The lowest BCUT2D eigenvalue weighted by molar-refractivity contribution is -0.136. The van der Waals surface area contributed by atoms with Crippen molar-refractivity contribution >= 4 is 39.9 Å². The van der Waals surface area contributed by atoms with E-state index in [1.165, 1.54) is 11.3 Å². The van der Waals surface area contributed by atoms with Gasteiger partial charge in [0.05, 0.1) is 0 Å². The van der Waals surface area contributed by atoms with Crippen LogP contribution in [0.1, 0.15) is 39.0 Å². The van der Waals surface area contributed by atoms with Crippen LogP contribution in [-0.4, -0.2) is 27.6 Å². The number of Topliss-reactive ketones (excluding diaryl/α,β-unsaturated/α-hetero) is 1. The summed E-state index contributed by atoms with van der Waals surface area (Å²) in [5, 5.41) is 11.5. The summed E-state index contributed by atoms with van der Waals surface area (Å²) < 4.78 is 0.878. The SMILES string of the molecule is CCSc1nnc(NC(=O)C2C[C@H]3CCC[C@@H](C2)C3=O)s1. The van der Waals surface area contributed by atoms with E-state index in [9.17, 15) is 9.59 Å². The number of fused-ring (bicyclic) bond motifs is 2. The van der Waals surface area contributed by atoms with Crippen LogP contribution in [0.5, 0.6) is 0 Å². The maximum Gasteiger partial charge on any atom is 0.229 e. The zero-order valence-electron chi connectivity index (χ0n) is 12.0. The quantitative estimate of drug-likeness (QED) is 0.680. The standard InChI is InChI=1S/C14H19N3O2S2/c1-2-20-14-17-16-13(21-14)15-12(19)10-6-8-4-3-5-9(7-10)11(8)18/h8-10H,2-7H2,1H3,(H,15,16,19)/t8-,9+,10?. The molecule has 0 aromatic carbocycles. The molecule has 7 heteroatoms. The third-order valence-electron chi connectivity index (χ3n) is 4.32. The van der Waals surface area contributed by atoms with Gasteiger partial charge in [-0.05, 0) is 31.4 Å². The molecule has 1 aromatic heterocycles. The molecule has 0 radical (unpaired) electrons. The van der Waals surface area contributed by atoms with Gasteiger partial charge < -0.3 is 5.32 Å². The molecular formula is C14H19N3O2S2. The number of rotatable bonds is 4. The van der Waals surface area contributed by atoms with Crippen LogP contribution in [0.2, 0.25) is 0 Å². The van der Waals surface area contributed by atoms with E-state index >= 15 is 0 Å². The van der Waals surface area contributed by atoms with Crippen molar-refractivity contribution < 1.29 is 9.59 Å². The Morgan fingerprint density at radius 1 is 1.33 bits per heavy atom. The van der Waals surface area contributed by atoms with Crippen LogP contribution in [0.25, 0.3) is 0 Å². The van der Waals surface area contributed by atoms with Crippen LogP contribution in [0.4, 0.5) is 5.13 Å². The summed E-state index contributed by atoms with van der Waals surface area (Å²) in [5.41, 5.74) is 0. The number of anilines is 1. The maximum atomic E-state index is 12.4. The van der Waals surface area contributed by atoms with E-state index in [-0.39, 0.29) is 23.7 Å². The van der Waals surface area contributed by atoms with E-state index in [4.69, 9.17) is 0 Å². The molecule has 0 saturated heterocycles. The molecule has 0 aliphatic heterocycles. The van der Waals surface area contributed by atoms with Gasteiger partial charge in [-0.3, -0.25) is 9.59 Å². The molecule has 2 bridgehead atoms. The fourth-order valence-electron chi connectivity index (χ4n) is 3.34. The highest BCUT2D eigenvalue weighted by atomic mass is 32.2. The molecule has 2 aliphatic carbocycles. The van der Waals surface area contributed by atoms with Crippen molar-refractivity contribution in [2.75, 3.05) is 11.1 Å². The number of amides is 1. The number of nitrogens with one attached hydrogen (secondary N) is 1. The lowest BCUT2D eigenvalue weighted by atomic mass is 9.67. The first-order valence-corrected chi connectivity index (χ1v) is 9.28. The van der Waals surface area contributed by atoms with Crippen molar-refractivity contribution in [3.63, 3.8) is 0 Å². The van der Waals surface area contributed by atoms with Gasteiger partial charge in [-0.15, -0.1) is 10.2 Å². The third kappa shape index (κ3) is 3.29. The summed E-state index contributed by atoms with van der Waals surface area (Å²) in [6.07, 6.45) is 4.45. The Morgan fingerprint density at radius 2 is 2.05 bits per heavy atom. The monoisotopic (exact) mass is 325 g/mol. The molecule has 114 valence electrons. The van der Waals surface area contributed by atoms with Crippen molar-refractivity contribution in [3.8, 4) is 0 Å². The molecule has 5 nitrogen and oxygen atoms in total. The molecule has 0 spiro atoms. The zero-order chi connectivity index (χ0) is 14.8. The molecule has 3 rings (SSSR count). The molecule has 3 atom stereocenters. The van der Waals surface area contributed by atoms with E-state index in [0.717, 1.165) is 29.4 Å². The van der Waals surface area contributed by atoms with Gasteiger partial charge in [-0.1, -0.05) is 36.4 Å². The van der Waals surface area contributed by atoms with Crippen LogP contribution in [0.3, 0.4) is 0 Å². The minimum Gasteiger partial charge on any atom is -0.300 e. The second kappa shape index (κ2) is 6.44. The number of nitrogens with zero attached hydrogens (tertiary/aromatic N) is 2. The molecule has 1 unspecified atom stereocenters. The Bertz CT molecular complexity index is 530. The summed E-state index contributed by atoms with van der Waals surface area (Å²) >= 11 is 3.04. The molecular weight excluding hydrogens is 306 g/mol. The Balaban J connectivity index is 1.61. The van der Waals surface area contributed by atoms with Crippen LogP contribution in [-0.2, 0) is 9.59 Å². The van der Waals surface area contributed by atoms with E-state index in [1.807, 2.05) is 0 Å². The first-order valence-electron chi connectivity index (χ1n) is 7.48. The Morgan fingerprint density at radius 3 is 2.71 bits per heavy atom. The molecule has 1 aromatic rings. The molecule has 2 aliphatic rings. The average Bonchev–Trinajstić information content (AvgIpc) is 2.86. The average molecular weight is 325 g/mol. The van der Waals surface area contributed by atoms with E-state index < -0.39 is 0 Å². The van der Waals surface area contributed by atoms with Gasteiger partial charge in [-0.25, -0.2) is 0 Å². The van der Waals surface area contributed by atoms with Crippen molar-refractivity contribution in [3.05, 3.63) is 0 Å². The summed E-state index contributed by atoms with van der Waals surface area (Å²) in [5.74, 6) is 1.50. The van der Waals surface area contributed by atoms with Gasteiger partial charge >= 0.3 is 0 Å². The van der Waals surface area contributed by atoms with Crippen LogP contribution in [0, 0.1) is 17.8 Å². The van der Waals surface area contributed by atoms with Crippen molar-refractivity contribution in [2.24, 2.45) is 17.8 Å². The number of carbonyl (C=O) groups excluding carboxylic acids is 2. The normalized spacial score (nSPS) is 28.4. The summed E-state index contributed by atoms with van der Waals surface area (Å²) in [7, 11) is 0. The van der Waals surface area contributed by atoms with E-state index in [1.54, 1.807) is 11.8 Å². The van der Waals surface area contributed by atoms with Gasteiger partial charge in [0.1, 0.15) is 5.78 Å². The second-order valence-corrected chi connectivity index (χ2v) is 8.18. The number of aromatic nitrogens is 2. The van der Waals surface area contributed by atoms with Crippen LogP contribution in [0.15, 0.2) is 4.34 Å². The highest BCUT2D eigenvalue weighted by Gasteiger charge is 2.41. The third-order valence-corrected chi connectivity index (χ3v) is 6.18. The lowest BCUT2D eigenvalue weighted by Gasteiger charge is -2.36. The number of hydrogen-bond acceptors (Lipinski definition) is 6. The smallest absolute Gasteiger partial charge is 0.229 e. The number of thioether (sulfide) groups is 1. The van der Waals surface area contributed by atoms with Gasteiger partial charge in [0, 0.05) is 17.8 Å². The zero-order valence-corrected chi connectivity index (χ0v) is 13.6. The van der Waals surface area contributed by atoms with E-state index in [2.05, 4.69) is 22.4 Å². The largest absolute Gasteiger partial charge is 0.300 e. The highest BCUT2D eigenvalue weighted by Crippen LogP contribution is 2.40. The van der Waals surface area contributed by atoms with E-state index in [0.29, 0.717) is 23.8 Å². The molecule has 1 N–H and O–H groups in total. The summed E-state index contributed by atoms with van der Waals surface area (Å²) in [4.78, 5) is 24.4. The van der Waals surface area contributed by atoms with Crippen molar-refractivity contribution in [1.29, 1.82) is 0 Å². The predicted octanol–water partition coefficient (Wildman–Crippen LogP) is 2.98. The molecule has 1 heterocycles. The first-order chi connectivity index (χ1) is 10.2. The summed E-state index contributed by atoms with van der Waals surface area (Å²) in [6.45, 7) is 2.06. The lowest BCUT2D eigenvalue weighted by Crippen LogP contribution is -2.40. The second-order valence-electron chi connectivity index (χ2n) is 5.69. The minimum atomic E-state index is -0.0517. The number of hydrogen-bond donors (Lipinski definition) is 1. The predicted molar refractivity (Wildman–Crippen MR) is 83.5 cm³/mol. The van der Waals surface area contributed by atoms with Crippen molar-refractivity contribution in [2.45, 2.75) is 43.4 Å². The highest BCUT2D eigenvalue weighted by molar-refractivity contribution is 8.01. The molecule has 1 amide bonds. The number of ketones is 1. The fraction of sp³-hybridized carbons (Fsp3) is 0.714. The maximum absolute atomic E-state index is 12.4. The topological polar surface area (TPSA) is 72.0 Å². The Hall–Kier alpha value is -0.950. The van der Waals surface area contributed by atoms with Crippen LogP contribution < -0.4 is 5.32 Å². The molecule has 2 fully saturated rings. The first kappa shape index (κ1) is 15.0. The molecule has 21 heavy (non-hydrogen) atoms. The van der Waals surface area contributed by atoms with Crippen molar-refractivity contribution in [1.82, 2.24) is 10.2 Å². The fourth-order valence-corrected chi connectivity index (χ4v) is 5.00. The molecule has 2 saturated carbocycles. The Labute approximate surface area is 132 Å². The van der Waals surface area contributed by atoms with Crippen LogP contribution >= 0.6 is 23.1 Å². The van der Waals surface area contributed by atoms with Gasteiger partial charge in [-0.2, -0.15) is 0 Å². The summed E-state index contributed by atoms with van der Waals surface area (Å²) in [6, 6.07) is 0. The van der Waals surface area contributed by atoms with Gasteiger partial charge in [0.15, 0.2) is 4.34 Å².